The minimum absolute atomic E-state index is 0. The number of aryl methyl sites for hydroxylation is 1. The Balaban J connectivity index is 0.00000256. The molecule has 3 aromatic rings. The first-order valence-electron chi connectivity index (χ1n) is 9.84. The Hall–Kier alpha value is -2.95. The summed E-state index contributed by atoms with van der Waals surface area (Å²) in [6.07, 6.45) is 7.68. The van der Waals surface area contributed by atoms with Crippen molar-refractivity contribution in [3.8, 4) is 6.07 Å². The van der Waals surface area contributed by atoms with Crippen LogP contribution < -0.4 is 4.90 Å². The Morgan fingerprint density at radius 1 is 1.13 bits per heavy atom. The van der Waals surface area contributed by atoms with Gasteiger partial charge in [0, 0.05) is 56.9 Å². The van der Waals surface area contributed by atoms with E-state index in [0.717, 1.165) is 37.6 Å². The van der Waals surface area contributed by atoms with Gasteiger partial charge < -0.3 is 4.90 Å². The van der Waals surface area contributed by atoms with Crippen LogP contribution in [-0.4, -0.2) is 44.3 Å². The summed E-state index contributed by atoms with van der Waals surface area (Å²) < 4.78 is 1.93. The molecule has 3 heterocycles. The minimum atomic E-state index is 0. The van der Waals surface area contributed by atoms with Gasteiger partial charge in [0.2, 0.25) is 0 Å². The van der Waals surface area contributed by atoms with Crippen molar-refractivity contribution in [3.05, 3.63) is 71.4 Å². The van der Waals surface area contributed by atoms with E-state index in [-0.39, 0.29) is 18.4 Å². The maximum absolute atomic E-state index is 8.95. The number of anilines is 1. The number of rotatable bonds is 5. The number of piperazine rings is 1. The summed E-state index contributed by atoms with van der Waals surface area (Å²) >= 11 is 0. The van der Waals surface area contributed by atoms with E-state index in [0.29, 0.717) is 6.42 Å². The van der Waals surface area contributed by atoms with Crippen LogP contribution in [0.4, 0.5) is 5.82 Å². The molecule has 1 atom stereocenters. The quantitative estimate of drug-likeness (QED) is 0.627. The first kappa shape index (κ1) is 21.8. The lowest BCUT2D eigenvalue weighted by Crippen LogP contribution is -2.48. The highest BCUT2D eigenvalue weighted by Gasteiger charge is 2.29. The molecule has 1 fully saturated rings. The summed E-state index contributed by atoms with van der Waals surface area (Å²) in [6.45, 7) is 5.65. The number of hydrogen-bond donors (Lipinski definition) is 0. The number of hydrogen-bond acceptors (Lipinski definition) is 6. The average molecular weight is 424 g/mol. The van der Waals surface area contributed by atoms with Crippen LogP contribution in [-0.2, 0) is 20.0 Å². The SMILES string of the molecule is Cc1c(CN2CCN(c3cnccn3)CC2c2ccc(CC#N)cc2)cnn1C.Cl. The van der Waals surface area contributed by atoms with Crippen LogP contribution in [0.5, 0.6) is 0 Å². The predicted molar refractivity (Wildman–Crippen MR) is 118 cm³/mol. The van der Waals surface area contributed by atoms with Gasteiger partial charge in [0.15, 0.2) is 0 Å². The fourth-order valence-electron chi connectivity index (χ4n) is 3.86. The lowest BCUT2D eigenvalue weighted by atomic mass is 9.99. The summed E-state index contributed by atoms with van der Waals surface area (Å²) in [4.78, 5) is 13.5. The van der Waals surface area contributed by atoms with E-state index in [4.69, 9.17) is 5.26 Å². The molecule has 0 N–H and O–H groups in total. The van der Waals surface area contributed by atoms with Gasteiger partial charge in [-0.2, -0.15) is 10.4 Å². The van der Waals surface area contributed by atoms with E-state index in [2.05, 4.69) is 62.1 Å². The monoisotopic (exact) mass is 423 g/mol. The normalized spacial score (nSPS) is 16.7. The van der Waals surface area contributed by atoms with Gasteiger partial charge in [0.05, 0.1) is 30.9 Å². The van der Waals surface area contributed by atoms with Crippen molar-refractivity contribution in [3.63, 3.8) is 0 Å². The highest BCUT2D eigenvalue weighted by atomic mass is 35.5. The van der Waals surface area contributed by atoms with Crippen LogP contribution in [0, 0.1) is 18.3 Å². The smallest absolute Gasteiger partial charge is 0.147 e. The van der Waals surface area contributed by atoms with Crippen molar-refractivity contribution >= 4 is 18.2 Å². The molecule has 1 aromatic carbocycles. The summed E-state index contributed by atoms with van der Waals surface area (Å²) in [7, 11) is 1.98. The van der Waals surface area contributed by atoms with E-state index < -0.39 is 0 Å². The molecule has 1 unspecified atom stereocenters. The maximum atomic E-state index is 8.95. The van der Waals surface area contributed by atoms with Crippen LogP contribution in [0.25, 0.3) is 0 Å². The van der Waals surface area contributed by atoms with Crippen molar-refractivity contribution in [2.45, 2.75) is 25.9 Å². The van der Waals surface area contributed by atoms with Crippen LogP contribution >= 0.6 is 12.4 Å². The molecular weight excluding hydrogens is 398 g/mol. The van der Waals surface area contributed by atoms with Crippen molar-refractivity contribution in [2.24, 2.45) is 7.05 Å². The van der Waals surface area contributed by atoms with E-state index in [1.165, 1.54) is 16.8 Å². The molecular formula is C22H26ClN7. The Labute approximate surface area is 183 Å². The molecule has 0 amide bonds. The van der Waals surface area contributed by atoms with Crippen LogP contribution in [0.2, 0.25) is 0 Å². The molecule has 8 heteroatoms. The van der Waals surface area contributed by atoms with Crippen molar-refractivity contribution < 1.29 is 0 Å². The van der Waals surface area contributed by atoms with Gasteiger partial charge in [-0.25, -0.2) is 4.98 Å². The second-order valence-electron chi connectivity index (χ2n) is 7.45. The molecule has 0 saturated carbocycles. The van der Waals surface area contributed by atoms with Crippen LogP contribution in [0.15, 0.2) is 49.1 Å². The molecule has 0 aliphatic carbocycles. The average Bonchev–Trinajstić information content (AvgIpc) is 3.08. The molecule has 0 radical (unpaired) electrons. The number of benzene rings is 1. The van der Waals surface area contributed by atoms with E-state index in [1.54, 1.807) is 12.4 Å². The van der Waals surface area contributed by atoms with Gasteiger partial charge in [0.25, 0.3) is 0 Å². The highest BCUT2D eigenvalue weighted by Crippen LogP contribution is 2.29. The molecule has 0 spiro atoms. The Bertz CT molecular complexity index is 995. The number of nitriles is 1. The highest BCUT2D eigenvalue weighted by molar-refractivity contribution is 5.85. The molecule has 156 valence electrons. The standard InChI is InChI=1S/C22H25N7.ClH/c1-17-20(13-26-27(17)2)15-28-11-12-29(22-14-24-9-10-25-22)16-21(28)19-5-3-18(4-6-19)7-8-23;/h3-6,9-10,13-14,21H,7,11-12,15-16H2,1-2H3;1H. The predicted octanol–water partition coefficient (Wildman–Crippen LogP) is 3.07. The van der Waals surface area contributed by atoms with Gasteiger partial charge in [-0.05, 0) is 18.1 Å². The van der Waals surface area contributed by atoms with E-state index in [1.807, 2.05) is 24.1 Å². The summed E-state index contributed by atoms with van der Waals surface area (Å²) in [5.74, 6) is 0.913. The zero-order chi connectivity index (χ0) is 20.2. The van der Waals surface area contributed by atoms with Gasteiger partial charge >= 0.3 is 0 Å². The summed E-state index contributed by atoms with van der Waals surface area (Å²) in [5, 5.41) is 13.4. The maximum Gasteiger partial charge on any atom is 0.147 e. The molecule has 1 aliphatic heterocycles. The third kappa shape index (κ3) is 4.61. The topological polar surface area (TPSA) is 73.9 Å². The second-order valence-corrected chi connectivity index (χ2v) is 7.45. The zero-order valence-corrected chi connectivity index (χ0v) is 18.1. The van der Waals surface area contributed by atoms with Crippen LogP contribution in [0.1, 0.15) is 28.4 Å². The number of halogens is 1. The summed E-state index contributed by atoms with van der Waals surface area (Å²) in [5.41, 5.74) is 4.75. The van der Waals surface area contributed by atoms with Crippen molar-refractivity contribution in [2.75, 3.05) is 24.5 Å². The lowest BCUT2D eigenvalue weighted by Gasteiger charge is -2.42. The van der Waals surface area contributed by atoms with Crippen molar-refractivity contribution in [1.82, 2.24) is 24.6 Å². The third-order valence-corrected chi connectivity index (χ3v) is 5.72. The zero-order valence-electron chi connectivity index (χ0n) is 17.3. The molecule has 1 saturated heterocycles. The molecule has 30 heavy (non-hydrogen) atoms. The molecule has 7 nitrogen and oxygen atoms in total. The molecule has 1 aliphatic rings. The third-order valence-electron chi connectivity index (χ3n) is 5.72. The van der Waals surface area contributed by atoms with Crippen LogP contribution in [0.3, 0.4) is 0 Å². The molecule has 0 bridgehead atoms. The first-order valence-corrected chi connectivity index (χ1v) is 9.84. The Morgan fingerprint density at radius 3 is 2.57 bits per heavy atom. The lowest BCUT2D eigenvalue weighted by molar-refractivity contribution is 0.168. The van der Waals surface area contributed by atoms with Crippen molar-refractivity contribution in [1.29, 1.82) is 5.26 Å². The second kappa shape index (κ2) is 9.70. The minimum Gasteiger partial charge on any atom is -0.352 e. The van der Waals surface area contributed by atoms with E-state index >= 15 is 0 Å². The van der Waals surface area contributed by atoms with Gasteiger partial charge in [-0.15, -0.1) is 12.4 Å². The molecule has 2 aromatic heterocycles. The largest absolute Gasteiger partial charge is 0.352 e. The van der Waals surface area contributed by atoms with Gasteiger partial charge in [-0.1, -0.05) is 24.3 Å². The number of nitrogens with zero attached hydrogens (tertiary/aromatic N) is 7. The molecule has 4 rings (SSSR count). The van der Waals surface area contributed by atoms with E-state index in [9.17, 15) is 0 Å². The van der Waals surface area contributed by atoms with Gasteiger partial charge in [-0.3, -0.25) is 14.6 Å². The number of aromatic nitrogens is 4. The Kier molecular flexibility index (Phi) is 7.03. The first-order chi connectivity index (χ1) is 14.2. The fourth-order valence-corrected chi connectivity index (χ4v) is 3.86. The fraction of sp³-hybridized carbons (Fsp3) is 0.364. The van der Waals surface area contributed by atoms with Gasteiger partial charge in [0.1, 0.15) is 5.82 Å². The Morgan fingerprint density at radius 2 is 1.93 bits per heavy atom. The summed E-state index contributed by atoms with van der Waals surface area (Å²) in [6, 6.07) is 10.9.